The molecule has 2 bridgehead atoms. The second-order valence-corrected chi connectivity index (χ2v) is 25.8. The minimum absolute atomic E-state index is 0.0842. The van der Waals surface area contributed by atoms with Gasteiger partial charge in [-0.2, -0.15) is 17.2 Å². The van der Waals surface area contributed by atoms with Crippen molar-refractivity contribution in [3.63, 3.8) is 0 Å². The number of aliphatic hydroxyl groups excluding tert-OH is 3. The Morgan fingerprint density at radius 3 is 2.23 bits per heavy atom. The number of amides is 2. The molecular weight excluding hydrogens is 1220 g/mol. The summed E-state index contributed by atoms with van der Waals surface area (Å²) in [5.41, 5.74) is -0.961. The molecule has 480 valence electrons. The maximum atomic E-state index is 15.6. The van der Waals surface area contributed by atoms with E-state index in [9.17, 15) is 34.8 Å². The van der Waals surface area contributed by atoms with Crippen molar-refractivity contribution in [2.45, 2.75) is 155 Å². The summed E-state index contributed by atoms with van der Waals surface area (Å²) in [5, 5.41) is 56.4. The van der Waals surface area contributed by atoms with Gasteiger partial charge < -0.3 is 92.6 Å². The number of esters is 1. The van der Waals surface area contributed by atoms with Crippen LogP contribution in [-0.2, 0) is 66.5 Å². The molecule has 0 aromatic heterocycles. The van der Waals surface area contributed by atoms with E-state index in [4.69, 9.17) is 66.4 Å². The minimum Gasteiger partial charge on any atom is -0.493 e. The second kappa shape index (κ2) is 32.4. The third kappa shape index (κ3) is 16.7. The number of carbonyl (C=O) groups is 4. The van der Waals surface area contributed by atoms with Crippen molar-refractivity contribution in [2.75, 3.05) is 72.8 Å². The molecule has 26 nitrogen and oxygen atoms in total. The smallest absolute Gasteiger partial charge is 0.411 e. The molecule has 19 atom stereocenters. The molecule has 4 heterocycles. The molecule has 8 N–H and O–H groups in total. The van der Waals surface area contributed by atoms with Crippen molar-refractivity contribution in [1.82, 2.24) is 16.1 Å². The number of thioether (sulfide) groups is 1. The highest BCUT2D eigenvalue weighted by Crippen LogP contribution is 2.44. The first-order valence-corrected chi connectivity index (χ1v) is 32.9. The van der Waals surface area contributed by atoms with Gasteiger partial charge in [0, 0.05) is 55.4 Å². The molecule has 2 amide bonds. The predicted octanol–water partition coefficient (Wildman–Crippen LogP) is 2.64. The van der Waals surface area contributed by atoms with Crippen molar-refractivity contribution in [2.24, 2.45) is 0 Å². The number of rotatable bonds is 24. The normalized spacial score (nSPS) is 34.9. The van der Waals surface area contributed by atoms with E-state index < -0.39 is 134 Å². The molecule has 4 fully saturated rings. The highest BCUT2D eigenvalue weighted by molar-refractivity contribution is 9.09. The molecule has 4 saturated heterocycles. The number of Topliss-reactive ketones (excluding diaryl/α,β-unsaturated/α-hetero) is 1. The van der Waals surface area contributed by atoms with Crippen LogP contribution in [0.3, 0.4) is 0 Å². The first-order valence-electron chi connectivity index (χ1n) is 27.5. The number of fused-ring (bicyclic) bond motifs is 2. The molecule has 1 aromatic carbocycles. The van der Waals surface area contributed by atoms with Crippen LogP contribution in [0.5, 0.6) is 11.5 Å². The van der Waals surface area contributed by atoms with Crippen LogP contribution >= 0.6 is 43.2 Å². The Morgan fingerprint density at radius 2 is 1.56 bits per heavy atom. The summed E-state index contributed by atoms with van der Waals surface area (Å²) in [6.07, 6.45) is -11.7. The largest absolute Gasteiger partial charge is 0.493 e. The van der Waals surface area contributed by atoms with E-state index in [1.165, 1.54) is 95.7 Å². The van der Waals surface area contributed by atoms with Crippen molar-refractivity contribution in [3.05, 3.63) is 65.1 Å². The van der Waals surface area contributed by atoms with E-state index in [1.807, 2.05) is 19.4 Å². The lowest BCUT2D eigenvalue weighted by Gasteiger charge is -2.47. The number of alkyl carbamates (subject to hydrolysis) is 1. The molecule has 0 radical (unpaired) electrons. The zero-order valence-corrected chi connectivity index (χ0v) is 53.1. The van der Waals surface area contributed by atoms with Crippen LogP contribution in [0.2, 0.25) is 0 Å². The van der Waals surface area contributed by atoms with Crippen LogP contribution in [0.4, 0.5) is 10.5 Å². The van der Waals surface area contributed by atoms with Crippen LogP contribution in [-0.4, -0.2) is 227 Å². The maximum Gasteiger partial charge on any atom is 0.411 e. The molecule has 0 saturated carbocycles. The second-order valence-electron chi connectivity index (χ2n) is 20.4. The molecule has 87 heavy (non-hydrogen) atoms. The zero-order valence-electron chi connectivity index (χ0n) is 49.8. The average molecular weight is 1300 g/mol. The molecular formula is C57H76N4O22S4. The standard InChI is InChI=1S/C57H76N4O22S4/c1-27-45(61-83-43-23-35(62)51(84-11)29(3)77-43)48(64)50(81-41-24-37(71-7)34(58-5)26-75-41)55(78-27)80-36-17-15-13-14-16-19-57(69)32(18-20-86-87-85-12)44(36)46(60-56(68)74-10)49(65)52(57)82-42-25-40(47(63)28(2)76-42)79-54(67)31-21-38(72-8)39(73-9)22-33(31)59-53(66)30(4)70-6/h13-14,18,21-22,27-29,34-37,40-43,45,47-48,50-52,55,58,61-64,69H,4,20,23-26H2,1-3,5-12H3,(H,59,66)(H,60,68)/b14-13-,32-18+/t27?,28?,29?,34?,35?,36-,37?,40?,41?,42?,43?,45?,47?,48?,50?,51?,52?,55?,57+/m0/s1. The van der Waals surface area contributed by atoms with Crippen molar-refractivity contribution in [1.29, 1.82) is 0 Å². The summed E-state index contributed by atoms with van der Waals surface area (Å²) in [6.45, 7) is 8.64. The van der Waals surface area contributed by atoms with Gasteiger partial charge in [-0.05, 0) is 62.3 Å². The molecule has 6 aliphatic rings. The lowest BCUT2D eigenvalue weighted by atomic mass is 9.73. The summed E-state index contributed by atoms with van der Waals surface area (Å²) >= 11 is 1.47. The number of nitrogens with one attached hydrogen (secondary N) is 4. The topological polar surface area (TPSA) is 327 Å². The van der Waals surface area contributed by atoms with Gasteiger partial charge in [-0.3, -0.25) is 19.7 Å². The zero-order chi connectivity index (χ0) is 63.3. The molecule has 2 aliphatic carbocycles. The Morgan fingerprint density at radius 1 is 0.851 bits per heavy atom. The van der Waals surface area contributed by atoms with Gasteiger partial charge in [0.2, 0.25) is 5.78 Å². The fraction of sp³-hybridized carbons (Fsp3) is 0.614. The molecule has 0 spiro atoms. The molecule has 30 heteroatoms. The van der Waals surface area contributed by atoms with Gasteiger partial charge in [0.05, 0.1) is 99.8 Å². The highest BCUT2D eigenvalue weighted by Gasteiger charge is 2.57. The molecule has 17 unspecified atom stereocenters. The highest BCUT2D eigenvalue weighted by atomic mass is 33.5. The molecule has 7 rings (SSSR count). The third-order valence-corrected chi connectivity index (χ3v) is 20.0. The lowest BCUT2D eigenvalue weighted by molar-refractivity contribution is -0.336. The average Bonchev–Trinajstić information content (AvgIpc) is 0.930. The number of hydrogen-bond acceptors (Lipinski definition) is 28. The quantitative estimate of drug-likeness (QED) is 0.0140. The van der Waals surface area contributed by atoms with Crippen molar-refractivity contribution < 1.29 is 106 Å². The fourth-order valence-electron chi connectivity index (χ4n) is 10.5. The first kappa shape index (κ1) is 69.8. The number of anilines is 1. The summed E-state index contributed by atoms with van der Waals surface area (Å²) in [7, 11) is 12.5. The number of likely N-dealkylation sites (N-methyl/N-ethyl adjacent to an activating group) is 1. The van der Waals surface area contributed by atoms with Gasteiger partial charge in [-0.25, -0.2) is 9.59 Å². The minimum atomic E-state index is -2.66. The Bertz CT molecular complexity index is 2830. The van der Waals surface area contributed by atoms with Crippen LogP contribution < -0.4 is 30.9 Å². The Balaban J connectivity index is 1.27. The summed E-state index contributed by atoms with van der Waals surface area (Å²) < 4.78 is 77.5. The maximum absolute atomic E-state index is 15.6. The number of hydroxylamine groups is 1. The van der Waals surface area contributed by atoms with E-state index >= 15 is 4.79 Å². The Labute approximate surface area is 520 Å². The molecule has 4 aliphatic heterocycles. The Hall–Kier alpha value is -4.62. The van der Waals surface area contributed by atoms with Crippen LogP contribution in [0.15, 0.2) is 59.5 Å². The summed E-state index contributed by atoms with van der Waals surface area (Å²) in [6, 6.07) is 1.31. The number of carbonyl (C=O) groups excluding carboxylic acids is 4. The number of ether oxygens (including phenoxy) is 13. The van der Waals surface area contributed by atoms with Crippen molar-refractivity contribution >= 4 is 72.6 Å². The Kier molecular flexibility index (Phi) is 26.0. The van der Waals surface area contributed by atoms with Crippen LogP contribution in [0, 0.1) is 23.7 Å². The lowest BCUT2D eigenvalue weighted by Crippen LogP contribution is -2.65. The first-order chi connectivity index (χ1) is 41.7. The monoisotopic (exact) mass is 1300 g/mol. The van der Waals surface area contributed by atoms with Crippen LogP contribution in [0.25, 0.3) is 0 Å². The van der Waals surface area contributed by atoms with E-state index in [2.05, 4.69) is 51.7 Å². The van der Waals surface area contributed by atoms with Gasteiger partial charge in [0.15, 0.2) is 54.1 Å². The summed E-state index contributed by atoms with van der Waals surface area (Å²) in [5.74, 6) is 8.57. The van der Waals surface area contributed by atoms with E-state index in [0.29, 0.717) is 0 Å². The summed E-state index contributed by atoms with van der Waals surface area (Å²) in [4.78, 5) is 62.3. The third-order valence-electron chi connectivity index (χ3n) is 15.1. The number of hydrogen-bond donors (Lipinski definition) is 8. The number of methoxy groups -OCH3 is 5. The van der Waals surface area contributed by atoms with Gasteiger partial charge in [-0.1, -0.05) is 57.9 Å². The number of aliphatic hydroxyl groups is 4. The van der Waals surface area contributed by atoms with E-state index in [1.54, 1.807) is 27.2 Å². The predicted molar refractivity (Wildman–Crippen MR) is 321 cm³/mol. The van der Waals surface area contributed by atoms with Gasteiger partial charge in [-0.15, -0.1) is 0 Å². The number of allylic oxidation sites excluding steroid dienone is 2. The number of ketones is 1. The SMILES string of the molecule is C=C(OC)C(=O)Nc1cc(OC)c(OC)cc1C(=O)OC1CC(OC2C(=O)C(NC(=O)OC)=C3/C(=C\CSSSC)[C@]2(O)C#C/C=C\C#C[C@@H]3OC2OC(C)C(NOC3CC(O)C(SC)C(C)O3)C(O)C2OC2CC(OC)C(NC)CO2)OC(C)C1O. The van der Waals surface area contributed by atoms with E-state index in [0.717, 1.165) is 7.11 Å². The molecule has 1 aromatic rings. The van der Waals surface area contributed by atoms with Gasteiger partial charge >= 0.3 is 12.1 Å². The number of benzene rings is 1. The van der Waals surface area contributed by atoms with Crippen molar-refractivity contribution in [3.8, 4) is 35.2 Å². The van der Waals surface area contributed by atoms with Crippen LogP contribution in [0.1, 0.15) is 50.4 Å². The fourth-order valence-corrected chi connectivity index (χ4v) is 13.8. The van der Waals surface area contributed by atoms with E-state index in [-0.39, 0.29) is 82.3 Å². The van der Waals surface area contributed by atoms with Gasteiger partial charge in [0.25, 0.3) is 5.91 Å². The van der Waals surface area contributed by atoms with Gasteiger partial charge in [0.1, 0.15) is 30.5 Å².